The predicted molar refractivity (Wildman–Crippen MR) is 92.1 cm³/mol. The third-order valence-electron chi connectivity index (χ3n) is 3.22. The second kappa shape index (κ2) is 7.43. The molecule has 8 nitrogen and oxygen atoms in total. The van der Waals surface area contributed by atoms with Crippen molar-refractivity contribution in [2.24, 2.45) is 0 Å². The van der Waals surface area contributed by atoms with E-state index in [9.17, 15) is 4.79 Å². The highest BCUT2D eigenvalue weighted by Gasteiger charge is 2.11. The Hall–Kier alpha value is -3.42. The van der Waals surface area contributed by atoms with E-state index in [1.165, 1.54) is 12.4 Å². The minimum Gasteiger partial charge on any atom is -0.492 e. The van der Waals surface area contributed by atoms with E-state index in [4.69, 9.17) is 9.26 Å². The van der Waals surface area contributed by atoms with Crippen LogP contribution in [0.25, 0.3) is 0 Å². The quantitative estimate of drug-likeness (QED) is 0.711. The average Bonchev–Trinajstić information content (AvgIpc) is 3.02. The Morgan fingerprint density at radius 1 is 1.24 bits per heavy atom. The maximum Gasteiger partial charge on any atom is 0.258 e. The Balaban J connectivity index is 1.68. The van der Waals surface area contributed by atoms with Gasteiger partial charge in [0.25, 0.3) is 5.91 Å². The topological polar surface area (TPSA) is 102 Å². The number of carbonyl (C=O) groups is 1. The first kappa shape index (κ1) is 16.4. The van der Waals surface area contributed by atoms with Crippen molar-refractivity contribution in [1.82, 2.24) is 15.1 Å². The summed E-state index contributed by atoms with van der Waals surface area (Å²) in [6.45, 7) is 4.18. The highest BCUT2D eigenvalue weighted by atomic mass is 16.5. The van der Waals surface area contributed by atoms with Crippen molar-refractivity contribution >= 4 is 23.4 Å². The van der Waals surface area contributed by atoms with Gasteiger partial charge in [-0.25, -0.2) is 9.97 Å². The summed E-state index contributed by atoms with van der Waals surface area (Å²) in [6.07, 6.45) is 2.86. The van der Waals surface area contributed by atoms with Crippen LogP contribution >= 0.6 is 0 Å². The SMILES string of the molecule is CCOc1ccccc1NC(=O)c1cnc(Nc2cc(C)on2)nc1. The van der Waals surface area contributed by atoms with E-state index in [-0.39, 0.29) is 5.91 Å². The second-order valence-corrected chi connectivity index (χ2v) is 5.13. The average molecular weight is 339 g/mol. The maximum absolute atomic E-state index is 12.3. The number of aryl methyl sites for hydroxylation is 1. The van der Waals surface area contributed by atoms with Crippen LogP contribution in [0.1, 0.15) is 23.0 Å². The molecule has 3 rings (SSSR count). The molecule has 0 bridgehead atoms. The van der Waals surface area contributed by atoms with Crippen LogP contribution in [0.15, 0.2) is 47.2 Å². The molecule has 8 heteroatoms. The zero-order valence-electron chi connectivity index (χ0n) is 13.8. The number of hydrogen-bond donors (Lipinski definition) is 2. The third kappa shape index (κ3) is 4.11. The standard InChI is InChI=1S/C17H17N5O3/c1-3-24-14-7-5-4-6-13(14)20-16(23)12-9-18-17(19-10-12)21-15-8-11(2)25-22-15/h4-10H,3H2,1-2H3,(H,20,23)(H,18,19,21,22). The van der Waals surface area contributed by atoms with Crippen LogP contribution < -0.4 is 15.4 Å². The second-order valence-electron chi connectivity index (χ2n) is 5.13. The van der Waals surface area contributed by atoms with E-state index in [0.29, 0.717) is 41.1 Å². The van der Waals surface area contributed by atoms with E-state index >= 15 is 0 Å². The fourth-order valence-corrected chi connectivity index (χ4v) is 2.10. The molecule has 0 aliphatic heterocycles. The number of carbonyl (C=O) groups excluding carboxylic acids is 1. The van der Waals surface area contributed by atoms with Crippen LogP contribution in [0.2, 0.25) is 0 Å². The molecule has 2 heterocycles. The molecular formula is C17H17N5O3. The van der Waals surface area contributed by atoms with Crippen LogP contribution in [0.4, 0.5) is 17.5 Å². The lowest BCUT2D eigenvalue weighted by molar-refractivity contribution is 0.102. The van der Waals surface area contributed by atoms with Crippen molar-refractivity contribution in [3.05, 3.63) is 54.0 Å². The molecule has 0 aliphatic rings. The fraction of sp³-hybridized carbons (Fsp3) is 0.176. The normalized spacial score (nSPS) is 10.3. The van der Waals surface area contributed by atoms with Gasteiger partial charge >= 0.3 is 0 Å². The number of amides is 1. The summed E-state index contributed by atoms with van der Waals surface area (Å²) in [5, 5.41) is 9.47. The molecule has 0 aliphatic carbocycles. The first-order valence-corrected chi connectivity index (χ1v) is 7.71. The number of nitrogens with zero attached hydrogens (tertiary/aromatic N) is 3. The number of anilines is 3. The van der Waals surface area contributed by atoms with Gasteiger partial charge in [-0.05, 0) is 26.0 Å². The summed E-state index contributed by atoms with van der Waals surface area (Å²) in [6, 6.07) is 8.95. The summed E-state index contributed by atoms with van der Waals surface area (Å²) < 4.78 is 10.4. The summed E-state index contributed by atoms with van der Waals surface area (Å²) in [5.41, 5.74) is 0.919. The van der Waals surface area contributed by atoms with Crippen LogP contribution in [-0.4, -0.2) is 27.6 Å². The van der Waals surface area contributed by atoms with Crippen molar-refractivity contribution in [2.45, 2.75) is 13.8 Å². The number of nitrogens with one attached hydrogen (secondary N) is 2. The minimum absolute atomic E-state index is 0.319. The van der Waals surface area contributed by atoms with E-state index < -0.39 is 0 Å². The highest BCUT2D eigenvalue weighted by Crippen LogP contribution is 2.24. The van der Waals surface area contributed by atoms with Gasteiger partial charge in [0.1, 0.15) is 11.5 Å². The Morgan fingerprint density at radius 3 is 2.68 bits per heavy atom. The molecule has 2 aromatic heterocycles. The van der Waals surface area contributed by atoms with Gasteiger partial charge in [0.15, 0.2) is 5.82 Å². The van der Waals surface area contributed by atoms with Crippen LogP contribution in [0, 0.1) is 6.92 Å². The monoisotopic (exact) mass is 339 g/mol. The lowest BCUT2D eigenvalue weighted by Gasteiger charge is -2.11. The molecule has 1 amide bonds. The summed E-state index contributed by atoms with van der Waals surface area (Å²) in [4.78, 5) is 20.6. The number of rotatable bonds is 6. The van der Waals surface area contributed by atoms with Crippen molar-refractivity contribution in [2.75, 3.05) is 17.2 Å². The van der Waals surface area contributed by atoms with Gasteiger partial charge in [-0.1, -0.05) is 17.3 Å². The molecule has 1 aromatic carbocycles. The molecule has 2 N–H and O–H groups in total. The minimum atomic E-state index is -0.323. The van der Waals surface area contributed by atoms with Gasteiger partial charge in [0.05, 0.1) is 17.9 Å². The molecule has 0 unspecified atom stereocenters. The van der Waals surface area contributed by atoms with Gasteiger partial charge in [-0.15, -0.1) is 0 Å². The van der Waals surface area contributed by atoms with E-state index in [0.717, 1.165) is 0 Å². The third-order valence-corrected chi connectivity index (χ3v) is 3.22. The fourth-order valence-electron chi connectivity index (χ4n) is 2.10. The molecule has 0 atom stereocenters. The van der Waals surface area contributed by atoms with Crippen molar-refractivity contribution in [3.8, 4) is 5.75 Å². The number of para-hydroxylation sites is 2. The highest BCUT2D eigenvalue weighted by molar-refractivity contribution is 6.04. The van der Waals surface area contributed by atoms with Crippen molar-refractivity contribution in [3.63, 3.8) is 0 Å². The Bertz CT molecular complexity index is 861. The summed E-state index contributed by atoms with van der Waals surface area (Å²) >= 11 is 0. The van der Waals surface area contributed by atoms with Gasteiger partial charge in [-0.2, -0.15) is 0 Å². The zero-order valence-corrected chi connectivity index (χ0v) is 13.8. The van der Waals surface area contributed by atoms with Crippen molar-refractivity contribution in [1.29, 1.82) is 0 Å². The number of hydrogen-bond acceptors (Lipinski definition) is 7. The van der Waals surface area contributed by atoms with Gasteiger partial charge in [0, 0.05) is 18.5 Å². The van der Waals surface area contributed by atoms with E-state index in [1.54, 1.807) is 25.1 Å². The van der Waals surface area contributed by atoms with Crippen LogP contribution in [0.3, 0.4) is 0 Å². The molecule has 0 saturated heterocycles. The molecule has 0 fully saturated rings. The van der Waals surface area contributed by atoms with Gasteiger partial charge in [-0.3, -0.25) is 4.79 Å². The molecular weight excluding hydrogens is 322 g/mol. The molecule has 0 spiro atoms. The first-order chi connectivity index (χ1) is 12.2. The first-order valence-electron chi connectivity index (χ1n) is 7.71. The molecule has 0 saturated carbocycles. The Morgan fingerprint density at radius 2 is 2.00 bits per heavy atom. The van der Waals surface area contributed by atoms with Crippen LogP contribution in [-0.2, 0) is 0 Å². The molecule has 25 heavy (non-hydrogen) atoms. The molecule has 3 aromatic rings. The number of ether oxygens (including phenoxy) is 1. The van der Waals surface area contributed by atoms with Gasteiger partial charge in [0.2, 0.25) is 5.95 Å². The van der Waals surface area contributed by atoms with E-state index in [1.807, 2.05) is 19.1 Å². The van der Waals surface area contributed by atoms with E-state index in [2.05, 4.69) is 25.8 Å². The Kier molecular flexibility index (Phi) is 4.89. The van der Waals surface area contributed by atoms with Gasteiger partial charge < -0.3 is 19.9 Å². The summed E-state index contributed by atoms with van der Waals surface area (Å²) in [5.74, 6) is 1.78. The largest absolute Gasteiger partial charge is 0.492 e. The number of aromatic nitrogens is 3. The van der Waals surface area contributed by atoms with Crippen LogP contribution in [0.5, 0.6) is 5.75 Å². The zero-order chi connectivity index (χ0) is 17.6. The van der Waals surface area contributed by atoms with Crippen molar-refractivity contribution < 1.29 is 14.1 Å². The lowest BCUT2D eigenvalue weighted by atomic mass is 10.2. The maximum atomic E-state index is 12.3. The smallest absolute Gasteiger partial charge is 0.258 e. The predicted octanol–water partition coefficient (Wildman–Crippen LogP) is 3.17. The Labute approximate surface area is 144 Å². The molecule has 0 radical (unpaired) electrons. The number of benzene rings is 1. The summed E-state index contributed by atoms with van der Waals surface area (Å²) in [7, 11) is 0. The lowest BCUT2D eigenvalue weighted by Crippen LogP contribution is -2.14. The molecule has 128 valence electrons.